The molecule has 0 bridgehead atoms. The molecule has 1 heterocycles. The average molecular weight is 358 g/mol. The summed E-state index contributed by atoms with van der Waals surface area (Å²) in [6, 6.07) is 8.60. The van der Waals surface area contributed by atoms with Crippen LogP contribution in [0, 0.1) is 0 Å². The summed E-state index contributed by atoms with van der Waals surface area (Å²) in [7, 11) is 0. The highest BCUT2D eigenvalue weighted by Crippen LogP contribution is 2.24. The summed E-state index contributed by atoms with van der Waals surface area (Å²) in [5.41, 5.74) is 0.494. The van der Waals surface area contributed by atoms with E-state index < -0.39 is 11.9 Å². The number of halogens is 2. The number of anilines is 1. The normalized spacial score (nSPS) is 10.3. The molecule has 0 aliphatic heterocycles. The summed E-state index contributed by atoms with van der Waals surface area (Å²) in [4.78, 5) is 24.3. The quantitative estimate of drug-likeness (QED) is 0.789. The molecule has 2 rings (SSSR count). The highest BCUT2D eigenvalue weighted by Gasteiger charge is 2.09. The van der Waals surface area contributed by atoms with Gasteiger partial charge >= 0.3 is 5.97 Å². The zero-order chi connectivity index (χ0) is 15.9. The van der Waals surface area contributed by atoms with Crippen LogP contribution in [0.25, 0.3) is 0 Å². The van der Waals surface area contributed by atoms with Crippen molar-refractivity contribution in [2.45, 2.75) is 12.8 Å². The lowest BCUT2D eigenvalue weighted by molar-refractivity contribution is -0.147. The highest BCUT2D eigenvalue weighted by atomic mass is 35.5. The predicted octanol–water partition coefficient (Wildman–Crippen LogP) is 4.17. The first kappa shape index (κ1) is 16.8. The maximum absolute atomic E-state index is 11.7. The Morgan fingerprint density at radius 1 is 1.18 bits per heavy atom. The minimum absolute atomic E-state index is 0.251. The molecule has 2 aromatic rings. The topological polar surface area (TPSA) is 55.4 Å². The average Bonchev–Trinajstić information content (AvgIpc) is 3.00. The number of nitrogens with one attached hydrogen (secondary N) is 1. The van der Waals surface area contributed by atoms with Crippen LogP contribution in [-0.2, 0) is 20.7 Å². The first-order valence-electron chi connectivity index (χ1n) is 6.47. The van der Waals surface area contributed by atoms with Crippen LogP contribution in [0.3, 0.4) is 0 Å². The Morgan fingerprint density at radius 2 is 2.00 bits per heavy atom. The fourth-order valence-corrected chi connectivity index (χ4v) is 2.68. The van der Waals surface area contributed by atoms with Gasteiger partial charge in [0.1, 0.15) is 0 Å². The second-order valence-corrected chi connectivity index (χ2v) is 6.26. The molecular weight excluding hydrogens is 345 g/mol. The van der Waals surface area contributed by atoms with Crippen molar-refractivity contribution in [2.24, 2.45) is 0 Å². The lowest BCUT2D eigenvalue weighted by Crippen LogP contribution is -2.21. The molecule has 7 heteroatoms. The molecule has 0 spiro atoms. The number of amides is 1. The van der Waals surface area contributed by atoms with Gasteiger partial charge in [-0.15, -0.1) is 11.3 Å². The molecule has 4 nitrogen and oxygen atoms in total. The highest BCUT2D eigenvalue weighted by molar-refractivity contribution is 7.09. The van der Waals surface area contributed by atoms with Crippen molar-refractivity contribution in [3.63, 3.8) is 0 Å². The molecule has 0 fully saturated rings. The molecular formula is C15H13Cl2NO3S. The van der Waals surface area contributed by atoms with Gasteiger partial charge in [0.25, 0.3) is 5.91 Å². The summed E-state index contributed by atoms with van der Waals surface area (Å²) in [5, 5.41) is 5.27. The Labute approximate surface area is 142 Å². The minimum Gasteiger partial charge on any atom is -0.456 e. The van der Waals surface area contributed by atoms with E-state index in [0.29, 0.717) is 22.2 Å². The molecule has 0 aliphatic rings. The van der Waals surface area contributed by atoms with Gasteiger partial charge in [0.05, 0.1) is 16.5 Å². The lowest BCUT2D eigenvalue weighted by Gasteiger charge is -2.07. The number of hydrogen-bond acceptors (Lipinski definition) is 4. The van der Waals surface area contributed by atoms with Gasteiger partial charge in [-0.05, 0) is 36.1 Å². The maximum atomic E-state index is 11.7. The SMILES string of the molecule is O=C(COC(=O)CCc1cccs1)Nc1ccc(Cl)c(Cl)c1. The number of carbonyl (C=O) groups is 2. The molecule has 0 saturated carbocycles. The van der Waals surface area contributed by atoms with Crippen LogP contribution in [0.4, 0.5) is 5.69 Å². The standard InChI is InChI=1S/C15H13Cl2NO3S/c16-12-5-3-10(8-13(12)17)18-14(19)9-21-15(20)6-4-11-2-1-7-22-11/h1-3,5,7-8H,4,6,9H2,(H,18,19). The van der Waals surface area contributed by atoms with Gasteiger partial charge in [0.15, 0.2) is 6.61 Å². The van der Waals surface area contributed by atoms with Crippen LogP contribution in [0.15, 0.2) is 35.7 Å². The second kappa shape index (κ2) is 8.17. The third-order valence-electron chi connectivity index (χ3n) is 2.72. The molecule has 1 aromatic carbocycles. The minimum atomic E-state index is -0.428. The van der Waals surface area contributed by atoms with Gasteiger partial charge in [0, 0.05) is 10.6 Å². The van der Waals surface area contributed by atoms with Crippen molar-refractivity contribution in [1.29, 1.82) is 0 Å². The summed E-state index contributed by atoms with van der Waals surface area (Å²) in [5.74, 6) is -0.833. The number of carbonyl (C=O) groups excluding carboxylic acids is 2. The van der Waals surface area contributed by atoms with Gasteiger partial charge in [-0.2, -0.15) is 0 Å². The Balaban J connectivity index is 1.72. The van der Waals surface area contributed by atoms with Crippen molar-refractivity contribution in [1.82, 2.24) is 0 Å². The van der Waals surface area contributed by atoms with E-state index in [1.807, 2.05) is 17.5 Å². The third-order valence-corrected chi connectivity index (χ3v) is 4.40. The number of thiophene rings is 1. The second-order valence-electron chi connectivity index (χ2n) is 4.42. The summed E-state index contributed by atoms with van der Waals surface area (Å²) >= 11 is 13.2. The van der Waals surface area contributed by atoms with Crippen LogP contribution >= 0.6 is 34.5 Å². The van der Waals surface area contributed by atoms with Gasteiger partial charge in [-0.1, -0.05) is 29.3 Å². The Morgan fingerprint density at radius 3 is 2.68 bits per heavy atom. The molecule has 0 aliphatic carbocycles. The lowest BCUT2D eigenvalue weighted by atomic mass is 10.3. The van der Waals surface area contributed by atoms with Gasteiger partial charge < -0.3 is 10.1 Å². The molecule has 0 atom stereocenters. The fourth-order valence-electron chi connectivity index (χ4n) is 1.67. The monoisotopic (exact) mass is 357 g/mol. The molecule has 116 valence electrons. The largest absolute Gasteiger partial charge is 0.456 e. The van der Waals surface area contributed by atoms with E-state index in [9.17, 15) is 9.59 Å². The molecule has 0 radical (unpaired) electrons. The number of ether oxygens (including phenoxy) is 1. The molecule has 1 aromatic heterocycles. The van der Waals surface area contributed by atoms with E-state index in [1.165, 1.54) is 6.07 Å². The summed E-state index contributed by atoms with van der Waals surface area (Å²) in [6.45, 7) is -0.330. The Hall–Kier alpha value is -1.56. The van der Waals surface area contributed by atoms with Crippen LogP contribution in [0.5, 0.6) is 0 Å². The van der Waals surface area contributed by atoms with E-state index in [0.717, 1.165) is 4.88 Å². The number of hydrogen-bond donors (Lipinski definition) is 1. The number of esters is 1. The van der Waals surface area contributed by atoms with E-state index >= 15 is 0 Å². The molecule has 1 amide bonds. The molecule has 1 N–H and O–H groups in total. The van der Waals surface area contributed by atoms with Crippen molar-refractivity contribution in [2.75, 3.05) is 11.9 Å². The van der Waals surface area contributed by atoms with Crippen LogP contribution in [0.1, 0.15) is 11.3 Å². The fraction of sp³-hybridized carbons (Fsp3) is 0.200. The maximum Gasteiger partial charge on any atom is 0.306 e. The van der Waals surface area contributed by atoms with E-state index in [2.05, 4.69) is 5.32 Å². The number of benzene rings is 1. The first-order chi connectivity index (χ1) is 10.5. The van der Waals surface area contributed by atoms with E-state index in [4.69, 9.17) is 27.9 Å². The Bertz CT molecular complexity index is 659. The van der Waals surface area contributed by atoms with Crippen molar-refractivity contribution in [3.05, 3.63) is 50.6 Å². The summed E-state index contributed by atoms with van der Waals surface area (Å²) in [6.07, 6.45) is 0.867. The van der Waals surface area contributed by atoms with Crippen LogP contribution in [-0.4, -0.2) is 18.5 Å². The van der Waals surface area contributed by atoms with Crippen LogP contribution < -0.4 is 5.32 Å². The molecule has 0 unspecified atom stereocenters. The molecule has 22 heavy (non-hydrogen) atoms. The number of rotatable bonds is 6. The van der Waals surface area contributed by atoms with Crippen molar-refractivity contribution < 1.29 is 14.3 Å². The number of aryl methyl sites for hydroxylation is 1. The van der Waals surface area contributed by atoms with Crippen molar-refractivity contribution >= 4 is 52.1 Å². The van der Waals surface area contributed by atoms with E-state index in [1.54, 1.807) is 23.5 Å². The Kier molecular flexibility index (Phi) is 6.24. The smallest absolute Gasteiger partial charge is 0.306 e. The zero-order valence-corrected chi connectivity index (χ0v) is 13.8. The van der Waals surface area contributed by atoms with E-state index in [-0.39, 0.29) is 13.0 Å². The van der Waals surface area contributed by atoms with Gasteiger partial charge in [-0.25, -0.2) is 0 Å². The van der Waals surface area contributed by atoms with Gasteiger partial charge in [-0.3, -0.25) is 9.59 Å². The molecule has 0 saturated heterocycles. The van der Waals surface area contributed by atoms with Crippen LogP contribution in [0.2, 0.25) is 10.0 Å². The first-order valence-corrected chi connectivity index (χ1v) is 8.11. The van der Waals surface area contributed by atoms with Gasteiger partial charge in [0.2, 0.25) is 0 Å². The summed E-state index contributed by atoms with van der Waals surface area (Å²) < 4.78 is 4.92. The predicted molar refractivity (Wildman–Crippen MR) is 88.7 cm³/mol. The zero-order valence-electron chi connectivity index (χ0n) is 11.5. The third kappa shape index (κ3) is 5.33. The van der Waals surface area contributed by atoms with Crippen molar-refractivity contribution in [3.8, 4) is 0 Å².